The number of likely N-dealkylation sites (N-methyl/N-ethyl adjacent to an activating group) is 1. The fourth-order valence-corrected chi connectivity index (χ4v) is 7.04. The highest BCUT2D eigenvalue weighted by molar-refractivity contribution is 6.06. The van der Waals surface area contributed by atoms with Gasteiger partial charge < -0.3 is 10.2 Å². The van der Waals surface area contributed by atoms with Crippen molar-refractivity contribution in [1.29, 1.82) is 0 Å². The minimum absolute atomic E-state index is 0.0330. The van der Waals surface area contributed by atoms with Crippen molar-refractivity contribution in [2.75, 3.05) is 18.9 Å². The molecule has 214 valence electrons. The molecule has 2 aromatic carbocycles. The van der Waals surface area contributed by atoms with Crippen molar-refractivity contribution in [1.82, 2.24) is 19.8 Å². The smallest absolute Gasteiger partial charge is 0.243 e. The van der Waals surface area contributed by atoms with Gasteiger partial charge in [0.05, 0.1) is 22.0 Å². The molecule has 1 N–H and O–H groups in total. The Labute approximate surface area is 242 Å². The monoisotopic (exact) mass is 567 g/mol. The van der Waals surface area contributed by atoms with Crippen LogP contribution in [-0.4, -0.2) is 50.7 Å². The predicted molar refractivity (Wildman–Crippen MR) is 155 cm³/mol. The van der Waals surface area contributed by atoms with E-state index in [0.717, 1.165) is 39.2 Å². The first-order chi connectivity index (χ1) is 19.9. The lowest BCUT2D eigenvalue weighted by molar-refractivity contribution is -0.161. The van der Waals surface area contributed by atoms with Crippen molar-refractivity contribution < 1.29 is 18.4 Å². The molecule has 2 atom stereocenters. The Balaban J connectivity index is 1.26. The van der Waals surface area contributed by atoms with Gasteiger partial charge in [0.25, 0.3) is 0 Å². The van der Waals surface area contributed by atoms with E-state index in [1.807, 2.05) is 50.9 Å². The molecular weight excluding hydrogens is 536 g/mol. The molecule has 4 aromatic rings. The summed E-state index contributed by atoms with van der Waals surface area (Å²) in [5.41, 5.74) is 2.64. The number of hydrogen-bond donors (Lipinski definition) is 1. The Morgan fingerprint density at radius 3 is 2.40 bits per heavy atom. The number of anilines is 1. The third-order valence-electron chi connectivity index (χ3n) is 9.72. The number of aromatic nitrogens is 2. The van der Waals surface area contributed by atoms with Gasteiger partial charge in [0.15, 0.2) is 0 Å². The Bertz CT molecular complexity index is 1800. The number of hydrogen-bond acceptors (Lipinski definition) is 5. The number of rotatable bonds is 3. The predicted octanol–water partition coefficient (Wildman–Crippen LogP) is 4.86. The van der Waals surface area contributed by atoms with Crippen molar-refractivity contribution in [3.63, 3.8) is 0 Å². The third-order valence-corrected chi connectivity index (χ3v) is 9.72. The maximum Gasteiger partial charge on any atom is 0.243 e. The number of piperazine rings is 1. The van der Waals surface area contributed by atoms with Crippen LogP contribution in [0, 0.1) is 11.6 Å². The van der Waals surface area contributed by atoms with Gasteiger partial charge in [-0.15, -0.1) is 0 Å². The SMILES string of the molecule is CN1CC(C)(c2cc(F)cc(F)c2)N(Cc2cnc3cc4c(cc3c2)C[C@]2(C4)C(=O)Nc3ncccc32)C(=O)C1(C)C. The Kier molecular flexibility index (Phi) is 5.63. The molecule has 0 bridgehead atoms. The van der Waals surface area contributed by atoms with Crippen molar-refractivity contribution in [3.8, 4) is 0 Å². The second-order valence-corrected chi connectivity index (χ2v) is 12.7. The summed E-state index contributed by atoms with van der Waals surface area (Å²) in [6.07, 6.45) is 4.59. The number of amides is 2. The molecule has 1 spiro atoms. The molecule has 1 saturated heterocycles. The maximum absolute atomic E-state index is 14.4. The summed E-state index contributed by atoms with van der Waals surface area (Å²) in [6, 6.07) is 13.4. The summed E-state index contributed by atoms with van der Waals surface area (Å²) in [7, 11) is 1.85. The van der Waals surface area contributed by atoms with Crippen LogP contribution in [0.1, 0.15) is 48.6 Å². The number of carbonyl (C=O) groups is 2. The average molecular weight is 568 g/mol. The minimum Gasteiger partial charge on any atom is -0.326 e. The van der Waals surface area contributed by atoms with Crippen LogP contribution in [0.4, 0.5) is 14.6 Å². The normalized spacial score (nSPS) is 24.8. The molecule has 7 rings (SSSR count). The van der Waals surface area contributed by atoms with E-state index in [1.54, 1.807) is 17.3 Å². The number of nitrogens with one attached hydrogen (secondary N) is 1. The largest absolute Gasteiger partial charge is 0.326 e. The van der Waals surface area contributed by atoms with Gasteiger partial charge >= 0.3 is 0 Å². The van der Waals surface area contributed by atoms with Crippen LogP contribution in [0.5, 0.6) is 0 Å². The van der Waals surface area contributed by atoms with Gasteiger partial charge in [0.1, 0.15) is 17.5 Å². The molecular formula is C33H31F2N5O2. The summed E-state index contributed by atoms with van der Waals surface area (Å²) in [4.78, 5) is 39.9. The fraction of sp³-hybridized carbons (Fsp3) is 0.333. The molecule has 9 heteroatoms. The van der Waals surface area contributed by atoms with Gasteiger partial charge in [0.2, 0.25) is 11.8 Å². The summed E-state index contributed by atoms with van der Waals surface area (Å²) < 4.78 is 28.7. The number of nitrogens with zero attached hydrogens (tertiary/aromatic N) is 4. The summed E-state index contributed by atoms with van der Waals surface area (Å²) >= 11 is 0. The standard InChI is InChI=1S/C33H31F2N5O2/c1-31(2)30(42)40(32(3,18-39(31)4)23-11-24(34)13-25(35)12-23)17-19-8-20-9-21-14-33(15-22(21)10-27(20)37-16-19)26-6-5-7-36-28(26)38-29(33)41/h5-13,16H,14-15,17-18H2,1-4H3,(H,36,38,41)/t32?,33-/m1/s1. The van der Waals surface area contributed by atoms with Crippen molar-refractivity contribution in [2.24, 2.45) is 0 Å². The lowest BCUT2D eigenvalue weighted by Crippen LogP contribution is -2.68. The van der Waals surface area contributed by atoms with Crippen LogP contribution in [0.3, 0.4) is 0 Å². The molecule has 2 aliphatic heterocycles. The van der Waals surface area contributed by atoms with Gasteiger partial charge in [-0.25, -0.2) is 13.8 Å². The molecule has 0 radical (unpaired) electrons. The zero-order valence-electron chi connectivity index (χ0n) is 24.0. The number of carbonyl (C=O) groups excluding carboxylic acids is 2. The second-order valence-electron chi connectivity index (χ2n) is 12.7. The van der Waals surface area contributed by atoms with E-state index >= 15 is 0 Å². The van der Waals surface area contributed by atoms with Gasteiger partial charge in [-0.05, 0) is 99.3 Å². The second kappa shape index (κ2) is 8.88. The van der Waals surface area contributed by atoms with Crippen molar-refractivity contribution >= 4 is 28.5 Å². The molecule has 42 heavy (non-hydrogen) atoms. The van der Waals surface area contributed by atoms with Crippen LogP contribution >= 0.6 is 0 Å². The summed E-state index contributed by atoms with van der Waals surface area (Å²) in [5, 5.41) is 3.86. The van der Waals surface area contributed by atoms with E-state index in [-0.39, 0.29) is 18.4 Å². The van der Waals surface area contributed by atoms with E-state index in [2.05, 4.69) is 22.4 Å². The average Bonchev–Trinajstić information content (AvgIpc) is 3.44. The lowest BCUT2D eigenvalue weighted by atomic mass is 9.79. The summed E-state index contributed by atoms with van der Waals surface area (Å²) in [6.45, 7) is 6.18. The molecule has 1 unspecified atom stereocenters. The molecule has 1 fully saturated rings. The Morgan fingerprint density at radius 2 is 1.67 bits per heavy atom. The van der Waals surface area contributed by atoms with E-state index in [0.29, 0.717) is 30.8 Å². The third kappa shape index (κ3) is 3.79. The van der Waals surface area contributed by atoms with Crippen LogP contribution < -0.4 is 5.32 Å². The van der Waals surface area contributed by atoms with E-state index in [1.165, 1.54) is 12.1 Å². The van der Waals surface area contributed by atoms with Crippen molar-refractivity contribution in [2.45, 2.75) is 56.7 Å². The molecule has 0 saturated carbocycles. The number of fused-ring (bicyclic) bond motifs is 4. The molecule has 4 heterocycles. The van der Waals surface area contributed by atoms with Crippen LogP contribution in [0.25, 0.3) is 10.9 Å². The van der Waals surface area contributed by atoms with Crippen LogP contribution in [-0.2, 0) is 39.9 Å². The zero-order valence-corrected chi connectivity index (χ0v) is 24.0. The van der Waals surface area contributed by atoms with E-state index in [9.17, 15) is 18.4 Å². The van der Waals surface area contributed by atoms with Gasteiger partial charge in [0, 0.05) is 42.5 Å². The van der Waals surface area contributed by atoms with Crippen molar-refractivity contribution in [3.05, 3.63) is 100 Å². The topological polar surface area (TPSA) is 78.4 Å². The molecule has 1 aliphatic carbocycles. The van der Waals surface area contributed by atoms with Gasteiger partial charge in [-0.3, -0.25) is 19.5 Å². The Hall–Kier alpha value is -4.24. The molecule has 3 aliphatic rings. The number of benzene rings is 2. The highest BCUT2D eigenvalue weighted by atomic mass is 19.1. The number of halogens is 2. The Morgan fingerprint density at radius 1 is 0.952 bits per heavy atom. The first-order valence-electron chi connectivity index (χ1n) is 14.1. The highest BCUT2D eigenvalue weighted by Crippen LogP contribution is 2.47. The van der Waals surface area contributed by atoms with Crippen LogP contribution in [0.15, 0.2) is 60.9 Å². The first-order valence-corrected chi connectivity index (χ1v) is 14.1. The lowest BCUT2D eigenvalue weighted by Gasteiger charge is -2.54. The van der Waals surface area contributed by atoms with Gasteiger partial charge in [-0.1, -0.05) is 6.07 Å². The van der Waals surface area contributed by atoms with E-state index in [4.69, 9.17) is 4.98 Å². The zero-order chi connectivity index (χ0) is 29.6. The highest BCUT2D eigenvalue weighted by Gasteiger charge is 2.52. The van der Waals surface area contributed by atoms with E-state index < -0.39 is 28.1 Å². The quantitative estimate of drug-likeness (QED) is 0.383. The molecule has 7 nitrogen and oxygen atoms in total. The first kappa shape index (κ1) is 26.6. The summed E-state index contributed by atoms with van der Waals surface area (Å²) in [5.74, 6) is -0.909. The maximum atomic E-state index is 14.4. The molecule has 2 amide bonds. The number of pyridine rings is 2. The fourth-order valence-electron chi connectivity index (χ4n) is 7.04. The van der Waals surface area contributed by atoms with Crippen LogP contribution in [0.2, 0.25) is 0 Å². The van der Waals surface area contributed by atoms with Gasteiger partial charge in [-0.2, -0.15) is 0 Å². The minimum atomic E-state index is -0.985. The molecule has 2 aromatic heterocycles.